The molecule has 1 aromatic heterocycles. The number of H-pyrrole nitrogens is 1. The van der Waals surface area contributed by atoms with Gasteiger partial charge in [-0.15, -0.1) is 0 Å². The van der Waals surface area contributed by atoms with E-state index in [0.29, 0.717) is 24.6 Å². The van der Waals surface area contributed by atoms with Gasteiger partial charge in [0, 0.05) is 24.9 Å². The summed E-state index contributed by atoms with van der Waals surface area (Å²) in [4.78, 5) is 32.9. The zero-order valence-electron chi connectivity index (χ0n) is 21.3. The second-order valence-corrected chi connectivity index (χ2v) is 9.91. The summed E-state index contributed by atoms with van der Waals surface area (Å²) in [5.41, 5.74) is 3.05. The molecule has 7 nitrogen and oxygen atoms in total. The minimum absolute atomic E-state index is 0.104. The Morgan fingerprint density at radius 3 is 2.43 bits per heavy atom. The summed E-state index contributed by atoms with van der Waals surface area (Å²) >= 11 is 0. The van der Waals surface area contributed by atoms with E-state index in [0.717, 1.165) is 55.3 Å². The van der Waals surface area contributed by atoms with Crippen molar-refractivity contribution in [2.45, 2.75) is 56.7 Å². The highest BCUT2D eigenvalue weighted by molar-refractivity contribution is 5.97. The van der Waals surface area contributed by atoms with Crippen LogP contribution < -0.4 is 10.1 Å². The van der Waals surface area contributed by atoms with Crippen LogP contribution in [0.3, 0.4) is 0 Å². The van der Waals surface area contributed by atoms with E-state index in [1.54, 1.807) is 18.1 Å². The molecular formula is C30H35N3O4. The van der Waals surface area contributed by atoms with Crippen LogP contribution in [-0.2, 0) is 9.53 Å². The number of benzene rings is 2. The smallest absolute Gasteiger partial charge is 0.271 e. The number of nitrogens with zero attached hydrogens (tertiary/aromatic N) is 1. The fourth-order valence-electron chi connectivity index (χ4n) is 5.38. The van der Waals surface area contributed by atoms with Crippen molar-refractivity contribution in [2.24, 2.45) is 0 Å². The highest BCUT2D eigenvalue weighted by Crippen LogP contribution is 2.29. The lowest BCUT2D eigenvalue weighted by molar-refractivity contribution is -0.127. The molecule has 0 spiro atoms. The highest BCUT2D eigenvalue weighted by Gasteiger charge is 2.36. The first-order valence-electron chi connectivity index (χ1n) is 13.2. The topological polar surface area (TPSA) is 83.7 Å². The predicted octanol–water partition coefficient (Wildman–Crippen LogP) is 5.11. The van der Waals surface area contributed by atoms with Crippen molar-refractivity contribution in [1.29, 1.82) is 0 Å². The van der Waals surface area contributed by atoms with Gasteiger partial charge in [-0.05, 0) is 61.1 Å². The average Bonchev–Trinajstić information content (AvgIpc) is 3.72. The largest absolute Gasteiger partial charge is 0.497 e. The first kappa shape index (κ1) is 25.1. The molecule has 2 fully saturated rings. The van der Waals surface area contributed by atoms with Gasteiger partial charge in [0.2, 0.25) is 5.91 Å². The molecule has 0 radical (unpaired) electrons. The number of rotatable bonds is 9. The van der Waals surface area contributed by atoms with Gasteiger partial charge in [-0.1, -0.05) is 55.3 Å². The van der Waals surface area contributed by atoms with Gasteiger partial charge in [-0.2, -0.15) is 0 Å². The summed E-state index contributed by atoms with van der Waals surface area (Å²) in [6, 6.07) is 20.4. The lowest BCUT2D eigenvalue weighted by atomic mass is 10.0. The second-order valence-electron chi connectivity index (χ2n) is 9.91. The molecule has 2 aliphatic rings. The number of ether oxygens (including phenoxy) is 2. The van der Waals surface area contributed by atoms with E-state index in [1.165, 1.54) is 0 Å². The fraction of sp³-hybridized carbons (Fsp3) is 0.400. The highest BCUT2D eigenvalue weighted by atomic mass is 16.5. The molecule has 2 heterocycles. The summed E-state index contributed by atoms with van der Waals surface area (Å²) in [6.45, 7) is 1.02. The molecule has 2 aromatic carbocycles. The number of carbonyl (C=O) groups is 2. The summed E-state index contributed by atoms with van der Waals surface area (Å²) in [6.07, 6.45) is 5.88. The SMILES string of the molecule is COc1ccc([C@H](C(=O)NC2CCCC2)N(C[C@@H]2CCCO2)C(=O)c2ccc(-c3ccccc3)[nH]2)cc1. The molecule has 0 bridgehead atoms. The van der Waals surface area contributed by atoms with E-state index in [2.05, 4.69) is 10.3 Å². The number of aromatic nitrogens is 1. The Morgan fingerprint density at radius 2 is 1.76 bits per heavy atom. The van der Waals surface area contributed by atoms with E-state index < -0.39 is 6.04 Å². The standard InChI is InChI=1S/C30H35N3O4/c1-36-24-15-13-22(14-16-24)28(29(34)31-23-10-5-6-11-23)33(20-25-12-7-19-37-25)30(35)27-18-17-26(32-27)21-8-3-2-4-9-21/h2-4,8-9,13-18,23,25,28,32H,5-7,10-12,19-20H2,1H3,(H,31,34)/t25-,28+/m0/s1. The molecule has 2 amide bonds. The summed E-state index contributed by atoms with van der Waals surface area (Å²) in [5.74, 6) is 0.325. The Morgan fingerprint density at radius 1 is 1.00 bits per heavy atom. The van der Waals surface area contributed by atoms with Crippen LogP contribution in [0.2, 0.25) is 0 Å². The van der Waals surface area contributed by atoms with E-state index >= 15 is 0 Å². The molecule has 2 atom stereocenters. The van der Waals surface area contributed by atoms with Crippen molar-refractivity contribution in [3.8, 4) is 17.0 Å². The van der Waals surface area contributed by atoms with Crippen molar-refractivity contribution in [3.63, 3.8) is 0 Å². The molecule has 1 aliphatic heterocycles. The maximum atomic E-state index is 14.1. The Labute approximate surface area is 218 Å². The van der Waals surface area contributed by atoms with Gasteiger partial charge >= 0.3 is 0 Å². The Bertz CT molecular complexity index is 1180. The quantitative estimate of drug-likeness (QED) is 0.427. The molecule has 1 aliphatic carbocycles. The number of amides is 2. The van der Waals surface area contributed by atoms with Gasteiger partial charge in [-0.3, -0.25) is 9.59 Å². The minimum atomic E-state index is -0.785. The van der Waals surface area contributed by atoms with E-state index in [9.17, 15) is 9.59 Å². The second kappa shape index (κ2) is 11.6. The molecular weight excluding hydrogens is 466 g/mol. The molecule has 0 unspecified atom stereocenters. The predicted molar refractivity (Wildman–Crippen MR) is 142 cm³/mol. The number of nitrogens with one attached hydrogen (secondary N) is 2. The zero-order chi connectivity index (χ0) is 25.6. The van der Waals surface area contributed by atoms with Gasteiger partial charge in [0.1, 0.15) is 17.5 Å². The van der Waals surface area contributed by atoms with E-state index in [-0.39, 0.29) is 24.0 Å². The molecule has 1 saturated carbocycles. The third kappa shape index (κ3) is 5.88. The number of hydrogen-bond donors (Lipinski definition) is 2. The van der Waals surface area contributed by atoms with Crippen LogP contribution in [-0.4, -0.2) is 54.1 Å². The lowest BCUT2D eigenvalue weighted by Gasteiger charge is -2.33. The van der Waals surface area contributed by atoms with Crippen LogP contribution in [0, 0.1) is 0 Å². The molecule has 37 heavy (non-hydrogen) atoms. The summed E-state index contributed by atoms with van der Waals surface area (Å²) in [5, 5.41) is 3.23. The van der Waals surface area contributed by atoms with Crippen LogP contribution in [0.1, 0.15) is 60.6 Å². The van der Waals surface area contributed by atoms with Crippen molar-refractivity contribution >= 4 is 11.8 Å². The Kier molecular flexibility index (Phi) is 7.90. The molecule has 1 saturated heterocycles. The van der Waals surface area contributed by atoms with Gasteiger partial charge in [0.05, 0.1) is 13.2 Å². The van der Waals surface area contributed by atoms with Crippen molar-refractivity contribution in [1.82, 2.24) is 15.2 Å². The summed E-state index contributed by atoms with van der Waals surface area (Å²) in [7, 11) is 1.61. The minimum Gasteiger partial charge on any atom is -0.497 e. The maximum absolute atomic E-state index is 14.1. The third-order valence-corrected chi connectivity index (χ3v) is 7.38. The van der Waals surface area contributed by atoms with Gasteiger partial charge in [0.25, 0.3) is 5.91 Å². The first-order chi connectivity index (χ1) is 18.1. The number of carbonyl (C=O) groups excluding carboxylic acids is 2. The molecule has 194 valence electrons. The zero-order valence-corrected chi connectivity index (χ0v) is 21.3. The lowest BCUT2D eigenvalue weighted by Crippen LogP contribution is -2.48. The van der Waals surface area contributed by atoms with Gasteiger partial charge in [-0.25, -0.2) is 0 Å². The molecule has 2 N–H and O–H groups in total. The monoisotopic (exact) mass is 501 g/mol. The third-order valence-electron chi connectivity index (χ3n) is 7.38. The first-order valence-corrected chi connectivity index (χ1v) is 13.2. The van der Waals surface area contributed by atoms with Crippen molar-refractivity contribution in [3.05, 3.63) is 78.0 Å². The van der Waals surface area contributed by atoms with Crippen LogP contribution in [0.25, 0.3) is 11.3 Å². The van der Waals surface area contributed by atoms with Crippen LogP contribution in [0.4, 0.5) is 0 Å². The Hall–Kier alpha value is -3.58. The average molecular weight is 502 g/mol. The fourth-order valence-corrected chi connectivity index (χ4v) is 5.38. The number of hydrogen-bond acceptors (Lipinski definition) is 4. The van der Waals surface area contributed by atoms with Crippen LogP contribution in [0.15, 0.2) is 66.7 Å². The van der Waals surface area contributed by atoms with E-state index in [1.807, 2.05) is 60.7 Å². The Balaban J connectivity index is 1.49. The van der Waals surface area contributed by atoms with Crippen molar-refractivity contribution in [2.75, 3.05) is 20.3 Å². The molecule has 7 heteroatoms. The normalized spacial score (nSPS) is 18.5. The number of methoxy groups -OCH3 is 1. The maximum Gasteiger partial charge on any atom is 0.271 e. The summed E-state index contributed by atoms with van der Waals surface area (Å²) < 4.78 is 11.3. The van der Waals surface area contributed by atoms with Crippen LogP contribution in [0.5, 0.6) is 5.75 Å². The van der Waals surface area contributed by atoms with Crippen molar-refractivity contribution < 1.29 is 19.1 Å². The van der Waals surface area contributed by atoms with Gasteiger partial charge in [0.15, 0.2) is 0 Å². The molecule has 3 aromatic rings. The van der Waals surface area contributed by atoms with Gasteiger partial charge < -0.3 is 24.7 Å². The van der Waals surface area contributed by atoms with E-state index in [4.69, 9.17) is 9.47 Å². The molecule has 5 rings (SSSR count). The number of aromatic amines is 1. The van der Waals surface area contributed by atoms with Crippen LogP contribution >= 0.6 is 0 Å².